The molecule has 21 heavy (non-hydrogen) atoms. The maximum Gasteiger partial charge on any atom is 0.141 e. The largest absolute Gasteiger partial charge is 0.456 e. The highest BCUT2D eigenvalue weighted by Gasteiger charge is 2.05. The molecule has 0 aliphatic heterocycles. The highest BCUT2D eigenvalue weighted by atomic mass is 79.9. The molecule has 0 amide bonds. The third-order valence-electron chi connectivity index (χ3n) is 3.11. The molecular weight excluding hydrogens is 394 g/mol. The van der Waals surface area contributed by atoms with Gasteiger partial charge in [-0.3, -0.25) is 0 Å². The van der Waals surface area contributed by atoms with Gasteiger partial charge in [-0.15, -0.1) is 0 Å². The molecule has 4 heteroatoms. The first kappa shape index (κ1) is 16.5. The standard InChI is InChI=1S/C17H19Br2NO/c1-3-8-20-11-13-4-7-17(16(19)10-13)21-14-5-6-15(18)12(2)9-14/h4-7,9-10,20H,3,8,11H2,1-2H3. The summed E-state index contributed by atoms with van der Waals surface area (Å²) < 4.78 is 8.00. The molecular formula is C17H19Br2NO. The summed E-state index contributed by atoms with van der Waals surface area (Å²) in [5.74, 6) is 1.67. The quantitative estimate of drug-likeness (QED) is 0.604. The second-order valence-electron chi connectivity index (χ2n) is 4.95. The summed E-state index contributed by atoms with van der Waals surface area (Å²) in [4.78, 5) is 0. The van der Waals surface area contributed by atoms with Crippen molar-refractivity contribution in [3.63, 3.8) is 0 Å². The number of rotatable bonds is 6. The molecule has 2 nitrogen and oxygen atoms in total. The lowest BCUT2D eigenvalue weighted by Gasteiger charge is -2.11. The molecule has 0 bridgehead atoms. The summed E-state index contributed by atoms with van der Waals surface area (Å²) in [6.07, 6.45) is 1.14. The summed E-state index contributed by atoms with van der Waals surface area (Å²) in [7, 11) is 0. The first-order valence-corrected chi connectivity index (χ1v) is 8.62. The maximum atomic E-state index is 5.94. The third-order valence-corrected chi connectivity index (χ3v) is 4.62. The van der Waals surface area contributed by atoms with Gasteiger partial charge in [0.15, 0.2) is 0 Å². The van der Waals surface area contributed by atoms with E-state index >= 15 is 0 Å². The summed E-state index contributed by atoms with van der Waals surface area (Å²) >= 11 is 7.08. The van der Waals surface area contributed by atoms with Crippen LogP contribution in [0, 0.1) is 6.92 Å². The van der Waals surface area contributed by atoms with Gasteiger partial charge in [-0.25, -0.2) is 0 Å². The molecule has 0 heterocycles. The van der Waals surface area contributed by atoms with Gasteiger partial charge in [0.2, 0.25) is 0 Å². The predicted molar refractivity (Wildman–Crippen MR) is 95.1 cm³/mol. The minimum Gasteiger partial charge on any atom is -0.456 e. The zero-order valence-electron chi connectivity index (χ0n) is 12.2. The molecule has 1 N–H and O–H groups in total. The fraction of sp³-hybridized carbons (Fsp3) is 0.294. The van der Waals surface area contributed by atoms with Gasteiger partial charge in [-0.05, 0) is 77.3 Å². The highest BCUT2D eigenvalue weighted by molar-refractivity contribution is 9.10. The van der Waals surface area contributed by atoms with E-state index in [0.29, 0.717) is 0 Å². The number of ether oxygens (including phenoxy) is 1. The Kier molecular flexibility index (Phi) is 6.27. The van der Waals surface area contributed by atoms with Crippen molar-refractivity contribution in [2.45, 2.75) is 26.8 Å². The van der Waals surface area contributed by atoms with Crippen LogP contribution in [-0.4, -0.2) is 6.54 Å². The van der Waals surface area contributed by atoms with Crippen molar-refractivity contribution in [1.29, 1.82) is 0 Å². The monoisotopic (exact) mass is 411 g/mol. The van der Waals surface area contributed by atoms with Crippen LogP contribution in [0.3, 0.4) is 0 Å². The second-order valence-corrected chi connectivity index (χ2v) is 6.66. The molecule has 0 saturated heterocycles. The summed E-state index contributed by atoms with van der Waals surface area (Å²) in [5.41, 5.74) is 2.40. The van der Waals surface area contributed by atoms with Gasteiger partial charge >= 0.3 is 0 Å². The molecule has 0 radical (unpaired) electrons. The molecule has 2 rings (SSSR count). The van der Waals surface area contributed by atoms with E-state index in [1.807, 2.05) is 24.3 Å². The fourth-order valence-corrected chi connectivity index (χ4v) is 2.71. The average Bonchev–Trinajstić information content (AvgIpc) is 2.46. The molecule has 2 aromatic rings. The number of hydrogen-bond acceptors (Lipinski definition) is 2. The fourth-order valence-electron chi connectivity index (χ4n) is 1.95. The van der Waals surface area contributed by atoms with Crippen LogP contribution in [0.1, 0.15) is 24.5 Å². The van der Waals surface area contributed by atoms with Crippen molar-refractivity contribution in [2.24, 2.45) is 0 Å². The molecule has 2 aromatic carbocycles. The maximum absolute atomic E-state index is 5.94. The Bertz CT molecular complexity index is 614. The lowest BCUT2D eigenvalue weighted by molar-refractivity contribution is 0.478. The van der Waals surface area contributed by atoms with E-state index in [-0.39, 0.29) is 0 Å². The zero-order valence-corrected chi connectivity index (χ0v) is 15.4. The Morgan fingerprint density at radius 1 is 1.05 bits per heavy atom. The van der Waals surface area contributed by atoms with Crippen molar-refractivity contribution in [2.75, 3.05) is 6.54 Å². The van der Waals surface area contributed by atoms with Crippen LogP contribution in [0.2, 0.25) is 0 Å². The van der Waals surface area contributed by atoms with Gasteiger partial charge in [0.1, 0.15) is 11.5 Å². The number of halogens is 2. The van der Waals surface area contributed by atoms with Gasteiger partial charge in [0.25, 0.3) is 0 Å². The Balaban J connectivity index is 2.08. The second kappa shape index (κ2) is 7.97. The van der Waals surface area contributed by atoms with Crippen LogP contribution in [0.25, 0.3) is 0 Å². The minimum absolute atomic E-state index is 0.830. The molecule has 0 fully saturated rings. The predicted octanol–water partition coefficient (Wildman–Crippen LogP) is 5.81. The summed E-state index contributed by atoms with van der Waals surface area (Å²) in [6, 6.07) is 12.2. The molecule has 0 unspecified atom stereocenters. The topological polar surface area (TPSA) is 21.3 Å². The van der Waals surface area contributed by atoms with Crippen LogP contribution in [0.15, 0.2) is 45.3 Å². The molecule has 0 aliphatic rings. The van der Waals surface area contributed by atoms with Crippen molar-refractivity contribution >= 4 is 31.9 Å². The number of aryl methyl sites for hydroxylation is 1. The Morgan fingerprint density at radius 2 is 1.86 bits per heavy atom. The van der Waals surface area contributed by atoms with Crippen molar-refractivity contribution < 1.29 is 4.74 Å². The first-order valence-electron chi connectivity index (χ1n) is 7.03. The Hall–Kier alpha value is -0.840. The van der Waals surface area contributed by atoms with E-state index in [1.165, 1.54) is 5.56 Å². The Labute approximate surface area is 143 Å². The average molecular weight is 413 g/mol. The van der Waals surface area contributed by atoms with E-state index in [4.69, 9.17) is 4.74 Å². The number of hydrogen-bond donors (Lipinski definition) is 1. The van der Waals surface area contributed by atoms with Gasteiger partial charge in [0, 0.05) is 11.0 Å². The first-order chi connectivity index (χ1) is 10.1. The molecule has 112 valence electrons. The normalized spacial score (nSPS) is 10.7. The SMILES string of the molecule is CCCNCc1ccc(Oc2ccc(Br)c(C)c2)c(Br)c1. The van der Waals surface area contributed by atoms with E-state index in [1.54, 1.807) is 0 Å². The van der Waals surface area contributed by atoms with Crippen molar-refractivity contribution in [3.8, 4) is 11.5 Å². The molecule has 0 spiro atoms. The number of nitrogens with one attached hydrogen (secondary N) is 1. The van der Waals surface area contributed by atoms with E-state index < -0.39 is 0 Å². The minimum atomic E-state index is 0.830. The van der Waals surface area contributed by atoms with E-state index in [0.717, 1.165) is 45.5 Å². The van der Waals surface area contributed by atoms with Crippen LogP contribution in [-0.2, 0) is 6.54 Å². The lowest BCUT2D eigenvalue weighted by Crippen LogP contribution is -2.13. The van der Waals surface area contributed by atoms with Crippen molar-refractivity contribution in [1.82, 2.24) is 5.32 Å². The summed E-state index contributed by atoms with van der Waals surface area (Å²) in [6.45, 7) is 6.13. The van der Waals surface area contributed by atoms with Gasteiger partial charge in [0.05, 0.1) is 4.47 Å². The highest BCUT2D eigenvalue weighted by Crippen LogP contribution is 2.32. The zero-order chi connectivity index (χ0) is 15.2. The molecule has 0 aliphatic carbocycles. The molecule has 0 aromatic heterocycles. The van der Waals surface area contributed by atoms with Crippen molar-refractivity contribution in [3.05, 3.63) is 56.5 Å². The van der Waals surface area contributed by atoms with Gasteiger partial charge in [-0.2, -0.15) is 0 Å². The third kappa shape index (κ3) is 4.83. The Morgan fingerprint density at radius 3 is 2.52 bits per heavy atom. The van der Waals surface area contributed by atoms with Gasteiger partial charge < -0.3 is 10.1 Å². The molecule has 0 saturated carbocycles. The molecule has 0 atom stereocenters. The van der Waals surface area contributed by atoms with E-state index in [2.05, 4.69) is 63.2 Å². The van der Waals surface area contributed by atoms with Gasteiger partial charge in [-0.1, -0.05) is 28.9 Å². The van der Waals surface area contributed by atoms with E-state index in [9.17, 15) is 0 Å². The van der Waals surface area contributed by atoms with Crippen LogP contribution in [0.4, 0.5) is 0 Å². The van der Waals surface area contributed by atoms with Crippen LogP contribution >= 0.6 is 31.9 Å². The smallest absolute Gasteiger partial charge is 0.141 e. The summed E-state index contributed by atoms with van der Waals surface area (Å²) in [5, 5.41) is 3.39. The number of benzene rings is 2. The van der Waals surface area contributed by atoms with Crippen LogP contribution < -0.4 is 10.1 Å². The lowest BCUT2D eigenvalue weighted by atomic mass is 10.2. The van der Waals surface area contributed by atoms with Crippen LogP contribution in [0.5, 0.6) is 11.5 Å².